The minimum absolute atomic E-state index is 0.126. The highest BCUT2D eigenvalue weighted by Gasteiger charge is 2.14. The number of aryl methyl sites for hydroxylation is 1. The van der Waals surface area contributed by atoms with Gasteiger partial charge in [0.1, 0.15) is 29.2 Å². The molecule has 1 heterocycles. The van der Waals surface area contributed by atoms with E-state index in [9.17, 15) is 9.59 Å². The molecular weight excluding hydrogens is 450 g/mol. The number of hydrogen-bond donors (Lipinski definition) is 2. The smallest absolute Gasteiger partial charge is 0.338 e. The van der Waals surface area contributed by atoms with E-state index in [1.54, 1.807) is 62.8 Å². The molecule has 9 heteroatoms. The number of aromatic amines is 1. The van der Waals surface area contributed by atoms with Gasteiger partial charge in [0.05, 0.1) is 18.8 Å². The monoisotopic (exact) mass is 483 g/mol. The van der Waals surface area contributed by atoms with E-state index in [-0.39, 0.29) is 12.5 Å². The maximum atomic E-state index is 11.9. The van der Waals surface area contributed by atoms with Crippen molar-refractivity contribution in [2.45, 2.75) is 39.7 Å². The Kier molecular flexibility index (Phi) is 11.3. The molecule has 1 aromatic heterocycles. The van der Waals surface area contributed by atoms with Crippen LogP contribution in [0.5, 0.6) is 5.75 Å². The van der Waals surface area contributed by atoms with E-state index in [4.69, 9.17) is 24.7 Å². The second kappa shape index (κ2) is 14.4. The molecule has 0 aliphatic heterocycles. The molecular formula is C26H33N3O6. The molecule has 1 aliphatic carbocycles. The molecule has 0 radical (unpaired) electrons. The predicted octanol–water partition coefficient (Wildman–Crippen LogP) is 3.99. The van der Waals surface area contributed by atoms with Gasteiger partial charge in [0, 0.05) is 32.0 Å². The number of imidazole rings is 1. The van der Waals surface area contributed by atoms with Crippen LogP contribution in [-0.4, -0.2) is 48.3 Å². The number of nitrogens with zero attached hydrogens (tertiary/aromatic N) is 1. The van der Waals surface area contributed by atoms with Crippen molar-refractivity contribution in [3.8, 4) is 5.75 Å². The first kappa shape index (κ1) is 27.4. The number of nitrogens with one attached hydrogen (secondary N) is 1. The number of aromatic nitrogens is 2. The number of primary amides is 1. The number of hydrogen-bond acceptors (Lipinski definition) is 7. The minimum Gasteiger partial charge on any atom is -0.488 e. The van der Waals surface area contributed by atoms with E-state index in [0.29, 0.717) is 42.5 Å². The van der Waals surface area contributed by atoms with Crippen LogP contribution in [0, 0.1) is 6.92 Å². The van der Waals surface area contributed by atoms with Crippen LogP contribution in [0.3, 0.4) is 0 Å². The third-order valence-electron chi connectivity index (χ3n) is 4.55. The zero-order valence-corrected chi connectivity index (χ0v) is 20.6. The fourth-order valence-corrected chi connectivity index (χ4v) is 3.10. The molecule has 188 valence electrons. The lowest BCUT2D eigenvalue weighted by atomic mass is 10.1. The van der Waals surface area contributed by atoms with Crippen molar-refractivity contribution in [1.82, 2.24) is 9.97 Å². The Morgan fingerprint density at radius 2 is 2.03 bits per heavy atom. The van der Waals surface area contributed by atoms with Gasteiger partial charge in [-0.2, -0.15) is 0 Å². The van der Waals surface area contributed by atoms with E-state index < -0.39 is 11.9 Å². The van der Waals surface area contributed by atoms with Crippen LogP contribution in [0.1, 0.15) is 42.9 Å². The second-order valence-corrected chi connectivity index (χ2v) is 7.71. The molecule has 9 nitrogen and oxygen atoms in total. The number of amides is 1. The summed E-state index contributed by atoms with van der Waals surface area (Å²) in [5.41, 5.74) is 6.56. The van der Waals surface area contributed by atoms with Gasteiger partial charge in [-0.3, -0.25) is 4.79 Å². The van der Waals surface area contributed by atoms with Crippen molar-refractivity contribution in [3.05, 3.63) is 83.4 Å². The summed E-state index contributed by atoms with van der Waals surface area (Å²) in [7, 11) is 1.60. The molecule has 35 heavy (non-hydrogen) atoms. The van der Waals surface area contributed by atoms with Gasteiger partial charge in [-0.15, -0.1) is 0 Å². The fourth-order valence-electron chi connectivity index (χ4n) is 3.10. The summed E-state index contributed by atoms with van der Waals surface area (Å²) in [5.74, 6) is 1.69. The van der Waals surface area contributed by atoms with E-state index in [1.807, 2.05) is 19.9 Å². The molecule has 2 aromatic rings. The Morgan fingerprint density at radius 3 is 2.63 bits per heavy atom. The van der Waals surface area contributed by atoms with Crippen LogP contribution in [0.4, 0.5) is 0 Å². The Hall–Kier alpha value is -3.85. The van der Waals surface area contributed by atoms with Crippen LogP contribution in [-0.2, 0) is 19.0 Å². The number of nitrogens with two attached hydrogens (primary N) is 1. The Labute approximate surface area is 205 Å². The summed E-state index contributed by atoms with van der Waals surface area (Å²) in [6, 6.07) is 6.74. The van der Waals surface area contributed by atoms with Crippen LogP contribution >= 0.6 is 0 Å². The maximum absolute atomic E-state index is 11.9. The first-order chi connectivity index (χ1) is 16.8. The number of carbonyl (C=O) groups excluding carboxylic acids is 2. The summed E-state index contributed by atoms with van der Waals surface area (Å²) in [5, 5.41) is 0. The third kappa shape index (κ3) is 10.3. The van der Waals surface area contributed by atoms with Gasteiger partial charge in [-0.05, 0) is 57.5 Å². The molecule has 1 amide bonds. The van der Waals surface area contributed by atoms with Crippen molar-refractivity contribution >= 4 is 11.9 Å². The molecule has 0 fully saturated rings. The number of rotatable bonds is 10. The maximum Gasteiger partial charge on any atom is 0.338 e. The number of allylic oxidation sites excluding steroid dienone is 3. The van der Waals surface area contributed by atoms with Crippen molar-refractivity contribution in [2.24, 2.45) is 5.73 Å². The van der Waals surface area contributed by atoms with Gasteiger partial charge in [0.15, 0.2) is 0 Å². The van der Waals surface area contributed by atoms with Crippen LogP contribution in [0.2, 0.25) is 0 Å². The lowest BCUT2D eigenvalue weighted by molar-refractivity contribution is -0.117. The molecule has 0 spiro atoms. The van der Waals surface area contributed by atoms with Gasteiger partial charge in [0.25, 0.3) is 0 Å². The normalized spacial score (nSPS) is 13.7. The molecule has 3 N–H and O–H groups in total. The SMILES string of the molecule is CCOC(=O)c1cccc(OC2=CCC(CC(N)=O)=CC(OC(C)COC)=C2)c1.Cc1ncc[nH]1. The Balaban J connectivity index is 0.000000625. The molecule has 0 saturated heterocycles. The highest BCUT2D eigenvalue weighted by atomic mass is 16.5. The number of esters is 1. The highest BCUT2D eigenvalue weighted by molar-refractivity contribution is 5.89. The third-order valence-corrected chi connectivity index (χ3v) is 4.55. The van der Waals surface area contributed by atoms with Crippen LogP contribution in [0.15, 0.2) is 72.0 Å². The number of H-pyrrole nitrogens is 1. The number of ether oxygens (including phenoxy) is 4. The topological polar surface area (TPSA) is 126 Å². The van der Waals surface area contributed by atoms with Crippen molar-refractivity contribution in [3.63, 3.8) is 0 Å². The largest absolute Gasteiger partial charge is 0.488 e. The fraction of sp³-hybridized carbons (Fsp3) is 0.346. The second-order valence-electron chi connectivity index (χ2n) is 7.71. The van der Waals surface area contributed by atoms with E-state index in [0.717, 1.165) is 11.4 Å². The lowest BCUT2D eigenvalue weighted by Crippen LogP contribution is -2.14. The molecule has 1 unspecified atom stereocenters. The lowest BCUT2D eigenvalue weighted by Gasteiger charge is -2.15. The molecule has 0 saturated carbocycles. The van der Waals surface area contributed by atoms with Gasteiger partial charge >= 0.3 is 5.97 Å². The van der Waals surface area contributed by atoms with Crippen molar-refractivity contribution in [1.29, 1.82) is 0 Å². The molecule has 0 bridgehead atoms. The molecule has 1 aliphatic rings. The van der Waals surface area contributed by atoms with Gasteiger partial charge < -0.3 is 29.7 Å². The number of methoxy groups -OCH3 is 1. The summed E-state index contributed by atoms with van der Waals surface area (Å²) >= 11 is 0. The summed E-state index contributed by atoms with van der Waals surface area (Å²) < 4.78 is 22.0. The summed E-state index contributed by atoms with van der Waals surface area (Å²) in [4.78, 5) is 30.0. The zero-order valence-electron chi connectivity index (χ0n) is 20.6. The average molecular weight is 484 g/mol. The quantitative estimate of drug-likeness (QED) is 0.490. The van der Waals surface area contributed by atoms with Gasteiger partial charge in [-0.25, -0.2) is 9.78 Å². The van der Waals surface area contributed by atoms with Crippen molar-refractivity contribution in [2.75, 3.05) is 20.3 Å². The molecule has 1 atom stereocenters. The van der Waals surface area contributed by atoms with E-state index >= 15 is 0 Å². The summed E-state index contributed by atoms with van der Waals surface area (Å²) in [6.07, 6.45) is 9.31. The first-order valence-corrected chi connectivity index (χ1v) is 11.3. The standard InChI is InChI=1S/C22H27NO6.C4H6N2/c1-4-27-22(25)17-6-5-7-18(12-17)29-19-9-8-16(11-21(23)24)10-20(13-19)28-15(2)14-26-3;1-4-5-2-3-6-4/h5-7,9-10,12-13,15H,4,8,11,14H2,1-3H3,(H2,23,24);2-3H,1H3,(H,5,6). The number of carbonyl (C=O) groups is 2. The molecule has 1 aromatic carbocycles. The highest BCUT2D eigenvalue weighted by Crippen LogP contribution is 2.24. The van der Waals surface area contributed by atoms with Crippen LogP contribution in [0.25, 0.3) is 0 Å². The zero-order chi connectivity index (χ0) is 25.6. The predicted molar refractivity (Wildman–Crippen MR) is 131 cm³/mol. The average Bonchev–Trinajstić information content (AvgIpc) is 3.21. The van der Waals surface area contributed by atoms with Gasteiger partial charge in [-0.1, -0.05) is 11.6 Å². The van der Waals surface area contributed by atoms with Crippen LogP contribution < -0.4 is 10.5 Å². The number of benzene rings is 1. The summed E-state index contributed by atoms with van der Waals surface area (Å²) in [6.45, 7) is 6.26. The van der Waals surface area contributed by atoms with E-state index in [1.165, 1.54) is 0 Å². The first-order valence-electron chi connectivity index (χ1n) is 11.3. The Morgan fingerprint density at radius 1 is 1.23 bits per heavy atom. The Bertz CT molecular complexity index is 1060. The molecule has 3 rings (SSSR count). The van der Waals surface area contributed by atoms with Gasteiger partial charge in [0.2, 0.25) is 5.91 Å². The van der Waals surface area contributed by atoms with Crippen molar-refractivity contribution < 1.29 is 28.5 Å². The van der Waals surface area contributed by atoms with E-state index in [2.05, 4.69) is 9.97 Å². The minimum atomic E-state index is -0.416.